The summed E-state index contributed by atoms with van der Waals surface area (Å²) in [6.45, 7) is 1.43. The molecule has 0 aliphatic carbocycles. The predicted molar refractivity (Wildman–Crippen MR) is 55.8 cm³/mol. The summed E-state index contributed by atoms with van der Waals surface area (Å²) in [5.74, 6) is -0.0840. The largest absolute Gasteiger partial charge is 0.294 e. The maximum atomic E-state index is 11.0. The van der Waals surface area contributed by atoms with Crippen LogP contribution in [0.2, 0.25) is 0 Å². The number of halogens is 1. The van der Waals surface area contributed by atoms with Gasteiger partial charge in [0.05, 0.1) is 4.92 Å². The highest BCUT2D eigenvalue weighted by atomic mass is 127. The third kappa shape index (κ3) is 2.24. The first-order valence-corrected chi connectivity index (χ1v) is 4.55. The second kappa shape index (κ2) is 3.82. The van der Waals surface area contributed by atoms with E-state index in [1.54, 1.807) is 0 Å². The van der Waals surface area contributed by atoms with E-state index >= 15 is 0 Å². The van der Waals surface area contributed by atoms with Crippen molar-refractivity contribution in [1.82, 2.24) is 0 Å². The summed E-state index contributed by atoms with van der Waals surface area (Å²) < 4.78 is 0.610. The smallest absolute Gasteiger partial charge is 0.270 e. The zero-order chi connectivity index (χ0) is 10.0. The van der Waals surface area contributed by atoms with Crippen LogP contribution >= 0.6 is 22.6 Å². The van der Waals surface area contributed by atoms with Crippen molar-refractivity contribution in [3.05, 3.63) is 37.4 Å². The summed E-state index contributed by atoms with van der Waals surface area (Å²) in [6, 6.07) is 4.19. The summed E-state index contributed by atoms with van der Waals surface area (Å²) in [5, 5.41) is 10.4. The SMILES string of the molecule is CC(=O)c1ccc([N+](=O)[O-])cc1I. The van der Waals surface area contributed by atoms with Crippen molar-refractivity contribution in [3.63, 3.8) is 0 Å². The van der Waals surface area contributed by atoms with Crippen LogP contribution in [-0.2, 0) is 0 Å². The van der Waals surface area contributed by atoms with Gasteiger partial charge in [-0.25, -0.2) is 0 Å². The molecule has 0 unspecified atom stereocenters. The van der Waals surface area contributed by atoms with Gasteiger partial charge in [-0.3, -0.25) is 14.9 Å². The molecule has 0 spiro atoms. The standard InChI is InChI=1S/C8H6INO3/c1-5(11)7-3-2-6(10(12)13)4-8(7)9/h2-4H,1H3. The van der Waals surface area contributed by atoms with Crippen molar-refractivity contribution in [2.75, 3.05) is 0 Å². The van der Waals surface area contributed by atoms with E-state index in [1.165, 1.54) is 25.1 Å². The van der Waals surface area contributed by atoms with Gasteiger partial charge in [-0.15, -0.1) is 0 Å². The summed E-state index contributed by atoms with van der Waals surface area (Å²) in [7, 11) is 0. The van der Waals surface area contributed by atoms with Gasteiger partial charge in [-0.2, -0.15) is 0 Å². The highest BCUT2D eigenvalue weighted by Crippen LogP contribution is 2.19. The highest BCUT2D eigenvalue weighted by molar-refractivity contribution is 14.1. The van der Waals surface area contributed by atoms with E-state index in [2.05, 4.69) is 0 Å². The van der Waals surface area contributed by atoms with Crippen LogP contribution in [0, 0.1) is 13.7 Å². The fourth-order valence-corrected chi connectivity index (χ4v) is 1.78. The van der Waals surface area contributed by atoms with E-state index in [0.717, 1.165) is 0 Å². The Bertz CT molecular complexity index is 376. The van der Waals surface area contributed by atoms with E-state index in [0.29, 0.717) is 9.13 Å². The Labute approximate surface area is 88.2 Å². The number of non-ortho nitro benzene ring substituents is 1. The van der Waals surface area contributed by atoms with Gasteiger partial charge < -0.3 is 0 Å². The van der Waals surface area contributed by atoms with Crippen LogP contribution < -0.4 is 0 Å². The van der Waals surface area contributed by atoms with Crippen molar-refractivity contribution in [1.29, 1.82) is 0 Å². The van der Waals surface area contributed by atoms with Crippen LogP contribution in [-0.4, -0.2) is 10.7 Å². The van der Waals surface area contributed by atoms with Gasteiger partial charge in [-0.1, -0.05) is 0 Å². The molecule has 0 aliphatic rings. The van der Waals surface area contributed by atoms with Gasteiger partial charge in [0, 0.05) is 21.3 Å². The molecule has 4 nitrogen and oxygen atoms in total. The number of rotatable bonds is 2. The number of nitro benzene ring substituents is 1. The van der Waals surface area contributed by atoms with Crippen molar-refractivity contribution >= 4 is 34.1 Å². The second-order valence-electron chi connectivity index (χ2n) is 2.48. The molecule has 0 aromatic heterocycles. The lowest BCUT2D eigenvalue weighted by atomic mass is 10.1. The molecule has 0 amide bonds. The first-order valence-electron chi connectivity index (χ1n) is 3.47. The molecule has 0 aliphatic heterocycles. The van der Waals surface area contributed by atoms with E-state index in [1.807, 2.05) is 22.6 Å². The number of ketones is 1. The fourth-order valence-electron chi connectivity index (χ4n) is 0.903. The highest BCUT2D eigenvalue weighted by Gasteiger charge is 2.10. The lowest BCUT2D eigenvalue weighted by molar-refractivity contribution is -0.384. The number of hydrogen-bond donors (Lipinski definition) is 0. The molecule has 1 rings (SSSR count). The maximum absolute atomic E-state index is 11.0. The third-order valence-electron chi connectivity index (χ3n) is 1.54. The molecule has 0 fully saturated rings. The van der Waals surface area contributed by atoms with Crippen LogP contribution in [0.1, 0.15) is 17.3 Å². The Balaban J connectivity index is 3.20. The Morgan fingerprint density at radius 1 is 1.54 bits per heavy atom. The molecule has 5 heteroatoms. The predicted octanol–water partition coefficient (Wildman–Crippen LogP) is 2.40. The van der Waals surface area contributed by atoms with Gasteiger partial charge in [0.15, 0.2) is 5.78 Å². The Kier molecular flexibility index (Phi) is 2.97. The topological polar surface area (TPSA) is 60.2 Å². The number of benzene rings is 1. The van der Waals surface area contributed by atoms with Crippen molar-refractivity contribution in [2.45, 2.75) is 6.92 Å². The Morgan fingerprint density at radius 2 is 2.15 bits per heavy atom. The van der Waals surface area contributed by atoms with E-state index in [4.69, 9.17) is 0 Å². The minimum Gasteiger partial charge on any atom is -0.294 e. The molecule has 1 aromatic rings. The zero-order valence-corrected chi connectivity index (χ0v) is 8.94. The molecule has 0 radical (unpaired) electrons. The van der Waals surface area contributed by atoms with E-state index in [9.17, 15) is 14.9 Å². The van der Waals surface area contributed by atoms with Crippen LogP contribution in [0.4, 0.5) is 5.69 Å². The van der Waals surface area contributed by atoms with Gasteiger partial charge in [0.1, 0.15) is 0 Å². The molecule has 0 N–H and O–H groups in total. The molecule has 68 valence electrons. The van der Waals surface area contributed by atoms with Crippen molar-refractivity contribution < 1.29 is 9.72 Å². The maximum Gasteiger partial charge on any atom is 0.270 e. The third-order valence-corrected chi connectivity index (χ3v) is 2.44. The van der Waals surface area contributed by atoms with Gasteiger partial charge in [0.2, 0.25) is 0 Å². The van der Waals surface area contributed by atoms with Crippen LogP contribution in [0.25, 0.3) is 0 Å². The number of nitro groups is 1. The Morgan fingerprint density at radius 3 is 2.54 bits per heavy atom. The number of hydrogen-bond acceptors (Lipinski definition) is 3. The van der Waals surface area contributed by atoms with Gasteiger partial charge in [0.25, 0.3) is 5.69 Å². The molecular formula is C8H6INO3. The van der Waals surface area contributed by atoms with Crippen LogP contribution in [0.3, 0.4) is 0 Å². The number of carbonyl (C=O) groups excluding carboxylic acids is 1. The molecule has 13 heavy (non-hydrogen) atoms. The molecule has 0 heterocycles. The van der Waals surface area contributed by atoms with Crippen LogP contribution in [0.5, 0.6) is 0 Å². The summed E-state index contributed by atoms with van der Waals surface area (Å²) >= 11 is 1.91. The van der Waals surface area contributed by atoms with E-state index in [-0.39, 0.29) is 11.5 Å². The molecule has 1 aromatic carbocycles. The zero-order valence-electron chi connectivity index (χ0n) is 6.78. The number of nitrogens with zero attached hydrogens (tertiary/aromatic N) is 1. The quantitative estimate of drug-likeness (QED) is 0.364. The average molecular weight is 291 g/mol. The molecular weight excluding hydrogens is 285 g/mol. The first-order chi connectivity index (χ1) is 6.02. The lowest BCUT2D eigenvalue weighted by Crippen LogP contribution is -1.97. The van der Waals surface area contributed by atoms with Crippen molar-refractivity contribution in [2.24, 2.45) is 0 Å². The molecule has 0 saturated heterocycles. The Hall–Kier alpha value is -0.980. The van der Waals surface area contributed by atoms with Gasteiger partial charge in [-0.05, 0) is 35.6 Å². The number of Topliss-reactive ketones (excluding diaryl/α,β-unsaturated/α-hetero) is 1. The molecule has 0 saturated carbocycles. The lowest BCUT2D eigenvalue weighted by Gasteiger charge is -1.98. The molecule has 0 atom stereocenters. The van der Waals surface area contributed by atoms with E-state index < -0.39 is 4.92 Å². The monoisotopic (exact) mass is 291 g/mol. The normalized spacial score (nSPS) is 9.69. The minimum atomic E-state index is -0.480. The second-order valence-corrected chi connectivity index (χ2v) is 3.64. The number of carbonyl (C=O) groups is 1. The van der Waals surface area contributed by atoms with Gasteiger partial charge >= 0.3 is 0 Å². The summed E-state index contributed by atoms with van der Waals surface area (Å²) in [4.78, 5) is 20.8. The first kappa shape index (κ1) is 10.1. The summed E-state index contributed by atoms with van der Waals surface area (Å²) in [6.07, 6.45) is 0. The van der Waals surface area contributed by atoms with Crippen LogP contribution in [0.15, 0.2) is 18.2 Å². The minimum absolute atomic E-state index is 0.00870. The van der Waals surface area contributed by atoms with Crippen molar-refractivity contribution in [3.8, 4) is 0 Å². The molecule has 0 bridgehead atoms. The summed E-state index contributed by atoms with van der Waals surface area (Å²) in [5.41, 5.74) is 0.528. The fraction of sp³-hybridized carbons (Fsp3) is 0.125. The average Bonchev–Trinajstić information content (AvgIpc) is 2.03.